The summed E-state index contributed by atoms with van der Waals surface area (Å²) < 4.78 is 0. The normalized spacial score (nSPS) is 8.29. The average molecular weight is 102 g/mol. The van der Waals surface area contributed by atoms with E-state index in [4.69, 9.17) is 0 Å². The minimum atomic E-state index is -0.237. The van der Waals surface area contributed by atoms with Gasteiger partial charge in [0, 0.05) is 13.5 Å². The Labute approximate surface area is 42.3 Å². The summed E-state index contributed by atoms with van der Waals surface area (Å²) in [5.74, 6) is -0.143. The second-order valence-corrected chi connectivity index (χ2v) is 1.19. The van der Waals surface area contributed by atoms with Crippen molar-refractivity contribution in [2.24, 2.45) is 0 Å². The van der Waals surface area contributed by atoms with Crippen LogP contribution in [0.4, 0.5) is 0 Å². The van der Waals surface area contributed by atoms with Crippen LogP contribution < -0.4 is 10.4 Å². The van der Waals surface area contributed by atoms with Crippen LogP contribution in [0.5, 0.6) is 0 Å². The molecule has 7 heavy (non-hydrogen) atoms. The van der Waals surface area contributed by atoms with Crippen LogP contribution in [0.3, 0.4) is 0 Å². The average Bonchev–Trinajstić information content (AvgIpc) is 1.61. The zero-order valence-corrected chi connectivity index (χ0v) is 4.23. The first kappa shape index (κ1) is 6.43. The minimum Gasteiger partial charge on any atom is -0.853 e. The van der Waals surface area contributed by atoms with E-state index in [1.165, 1.54) is 6.92 Å². The van der Waals surface area contributed by atoms with Crippen molar-refractivity contribution in [2.75, 3.05) is 13.2 Å². The molecule has 0 aromatic heterocycles. The standard InChI is InChI=1S/C4H8NO2/c1-4(7)5-2-3-6/h2-3H2,1H3,(H,5,7)/q-1. The van der Waals surface area contributed by atoms with E-state index in [-0.39, 0.29) is 19.1 Å². The first-order valence-corrected chi connectivity index (χ1v) is 2.10. The Morgan fingerprint density at radius 2 is 2.43 bits per heavy atom. The van der Waals surface area contributed by atoms with Gasteiger partial charge in [0.1, 0.15) is 0 Å². The third-order valence-corrected chi connectivity index (χ3v) is 0.476. The zero-order chi connectivity index (χ0) is 5.70. The van der Waals surface area contributed by atoms with Crippen molar-refractivity contribution in [1.82, 2.24) is 5.32 Å². The van der Waals surface area contributed by atoms with Crippen molar-refractivity contribution in [3.8, 4) is 0 Å². The number of carbonyl (C=O) groups is 1. The molecule has 0 fully saturated rings. The number of rotatable bonds is 2. The summed E-state index contributed by atoms with van der Waals surface area (Å²) in [5.41, 5.74) is 0. The Hall–Kier alpha value is -0.570. The number of hydrogen-bond acceptors (Lipinski definition) is 2. The number of hydrogen-bond donors (Lipinski definition) is 1. The van der Waals surface area contributed by atoms with Gasteiger partial charge in [0.2, 0.25) is 5.91 Å². The molecule has 0 aliphatic heterocycles. The molecule has 0 heterocycles. The van der Waals surface area contributed by atoms with E-state index in [2.05, 4.69) is 5.32 Å². The number of carbonyl (C=O) groups excluding carboxylic acids is 1. The van der Waals surface area contributed by atoms with Gasteiger partial charge in [-0.15, -0.1) is 6.61 Å². The van der Waals surface area contributed by atoms with Gasteiger partial charge < -0.3 is 10.4 Å². The Morgan fingerprint density at radius 1 is 1.86 bits per heavy atom. The maximum atomic E-state index is 9.95. The van der Waals surface area contributed by atoms with Crippen molar-refractivity contribution >= 4 is 5.91 Å². The molecule has 0 saturated carbocycles. The molecule has 0 aromatic rings. The van der Waals surface area contributed by atoms with Crippen molar-refractivity contribution in [1.29, 1.82) is 0 Å². The van der Waals surface area contributed by atoms with Gasteiger partial charge in [-0.25, -0.2) is 0 Å². The summed E-state index contributed by atoms with van der Waals surface area (Å²) in [4.78, 5) is 9.95. The van der Waals surface area contributed by atoms with Crippen molar-refractivity contribution in [3.05, 3.63) is 0 Å². The lowest BCUT2D eigenvalue weighted by Gasteiger charge is -2.01. The van der Waals surface area contributed by atoms with E-state index in [0.717, 1.165) is 0 Å². The summed E-state index contributed by atoms with van der Waals surface area (Å²) in [6, 6.07) is 0. The molecule has 1 N–H and O–H groups in total. The van der Waals surface area contributed by atoms with Crippen molar-refractivity contribution in [3.63, 3.8) is 0 Å². The Kier molecular flexibility index (Phi) is 3.32. The molecule has 0 aliphatic carbocycles. The molecule has 0 atom stereocenters. The first-order chi connectivity index (χ1) is 3.27. The smallest absolute Gasteiger partial charge is 0.216 e. The van der Waals surface area contributed by atoms with Crippen LogP contribution in [0.15, 0.2) is 0 Å². The molecule has 0 bridgehead atoms. The fourth-order valence-corrected chi connectivity index (χ4v) is 0.227. The molecule has 0 saturated heterocycles. The lowest BCUT2D eigenvalue weighted by atomic mass is 10.6. The summed E-state index contributed by atoms with van der Waals surface area (Å²) in [6.07, 6.45) is 0. The van der Waals surface area contributed by atoms with Crippen LogP contribution >= 0.6 is 0 Å². The summed E-state index contributed by atoms with van der Waals surface area (Å²) >= 11 is 0. The largest absolute Gasteiger partial charge is 0.853 e. The molecule has 0 radical (unpaired) electrons. The predicted molar refractivity (Wildman–Crippen MR) is 23.6 cm³/mol. The molecule has 0 unspecified atom stereocenters. The summed E-state index contributed by atoms with van der Waals surface area (Å²) in [6.45, 7) is 1.39. The van der Waals surface area contributed by atoms with Crippen molar-refractivity contribution < 1.29 is 9.90 Å². The van der Waals surface area contributed by atoms with Gasteiger partial charge in [-0.05, 0) is 0 Å². The molecule has 0 rings (SSSR count). The highest BCUT2D eigenvalue weighted by atomic mass is 16.3. The Balaban J connectivity index is 2.82. The van der Waals surface area contributed by atoms with E-state index in [1.54, 1.807) is 0 Å². The third-order valence-electron chi connectivity index (χ3n) is 0.476. The lowest BCUT2D eigenvalue weighted by molar-refractivity contribution is -0.364. The van der Waals surface area contributed by atoms with E-state index in [0.29, 0.717) is 0 Å². The van der Waals surface area contributed by atoms with Crippen LogP contribution in [-0.2, 0) is 4.79 Å². The Bertz CT molecular complexity index is 62.7. The summed E-state index contributed by atoms with van der Waals surface area (Å²) in [7, 11) is 0. The van der Waals surface area contributed by atoms with Gasteiger partial charge in [0.25, 0.3) is 0 Å². The molecular formula is C4H8NO2-. The molecule has 3 nitrogen and oxygen atoms in total. The number of amides is 1. The first-order valence-electron chi connectivity index (χ1n) is 2.10. The third kappa shape index (κ3) is 5.43. The van der Waals surface area contributed by atoms with E-state index >= 15 is 0 Å². The minimum absolute atomic E-state index is 0.143. The molecular weight excluding hydrogens is 94.0 g/mol. The highest BCUT2D eigenvalue weighted by Gasteiger charge is 1.80. The quantitative estimate of drug-likeness (QED) is 0.460. The van der Waals surface area contributed by atoms with Crippen LogP contribution in [0, 0.1) is 0 Å². The zero-order valence-electron chi connectivity index (χ0n) is 4.23. The van der Waals surface area contributed by atoms with E-state index in [9.17, 15) is 9.90 Å². The fourth-order valence-electron chi connectivity index (χ4n) is 0.227. The van der Waals surface area contributed by atoms with Gasteiger partial charge in [-0.1, -0.05) is 0 Å². The van der Waals surface area contributed by atoms with Gasteiger partial charge in [0.15, 0.2) is 0 Å². The topological polar surface area (TPSA) is 52.2 Å². The predicted octanol–water partition coefficient (Wildman–Crippen LogP) is -1.52. The fraction of sp³-hybridized carbons (Fsp3) is 0.750. The summed E-state index contributed by atoms with van der Waals surface area (Å²) in [5, 5.41) is 12.0. The monoisotopic (exact) mass is 102 g/mol. The highest BCUT2D eigenvalue weighted by molar-refractivity contribution is 5.72. The van der Waals surface area contributed by atoms with E-state index < -0.39 is 0 Å². The van der Waals surface area contributed by atoms with E-state index in [1.807, 2.05) is 0 Å². The number of nitrogens with one attached hydrogen (secondary N) is 1. The SMILES string of the molecule is CC(=O)NCC[O-]. The van der Waals surface area contributed by atoms with Gasteiger partial charge in [-0.2, -0.15) is 0 Å². The van der Waals surface area contributed by atoms with Crippen LogP contribution in [-0.4, -0.2) is 19.1 Å². The molecule has 3 heteroatoms. The van der Waals surface area contributed by atoms with Gasteiger partial charge in [0.05, 0.1) is 0 Å². The van der Waals surface area contributed by atoms with Crippen molar-refractivity contribution in [2.45, 2.75) is 6.92 Å². The molecule has 1 amide bonds. The second-order valence-electron chi connectivity index (χ2n) is 1.19. The van der Waals surface area contributed by atoms with Crippen LogP contribution in [0.1, 0.15) is 6.92 Å². The molecule has 0 spiro atoms. The highest BCUT2D eigenvalue weighted by Crippen LogP contribution is 1.54. The van der Waals surface area contributed by atoms with Gasteiger partial charge >= 0.3 is 0 Å². The molecule has 0 aliphatic rings. The maximum absolute atomic E-state index is 9.95. The van der Waals surface area contributed by atoms with Crippen LogP contribution in [0.25, 0.3) is 0 Å². The molecule has 0 aromatic carbocycles. The maximum Gasteiger partial charge on any atom is 0.216 e. The Morgan fingerprint density at radius 3 is 2.57 bits per heavy atom. The van der Waals surface area contributed by atoms with Crippen LogP contribution in [0.2, 0.25) is 0 Å². The van der Waals surface area contributed by atoms with Gasteiger partial charge in [-0.3, -0.25) is 4.79 Å². The molecule has 42 valence electrons. The lowest BCUT2D eigenvalue weighted by Crippen LogP contribution is -2.28. The second kappa shape index (κ2) is 3.61.